The Kier molecular flexibility index (Phi) is 3.47. The molecule has 0 aromatic carbocycles. The Labute approximate surface area is 133 Å². The zero-order valence-electron chi connectivity index (χ0n) is 13.8. The van der Waals surface area contributed by atoms with Crippen LogP contribution in [0.15, 0.2) is 10.7 Å². The van der Waals surface area contributed by atoms with E-state index in [0.29, 0.717) is 0 Å². The number of aromatic nitrogens is 4. The molecule has 0 fully saturated rings. The lowest BCUT2D eigenvalue weighted by atomic mass is 9.93. The Balaban J connectivity index is 1.84. The average molecular weight is 319 g/mol. The maximum absolute atomic E-state index is 5.23. The van der Waals surface area contributed by atoms with Gasteiger partial charge >= 0.3 is 0 Å². The van der Waals surface area contributed by atoms with Crippen LogP contribution in [-0.4, -0.2) is 19.8 Å². The van der Waals surface area contributed by atoms with Crippen LogP contribution >= 0.6 is 11.3 Å². The summed E-state index contributed by atoms with van der Waals surface area (Å²) in [6.45, 7) is 12.4. The van der Waals surface area contributed by atoms with Gasteiger partial charge < -0.3 is 9.84 Å². The second-order valence-corrected chi connectivity index (χ2v) is 7.57. The Morgan fingerprint density at radius 2 is 2.05 bits per heavy atom. The van der Waals surface area contributed by atoms with Gasteiger partial charge in [-0.1, -0.05) is 37.3 Å². The molecule has 22 heavy (non-hydrogen) atoms. The number of rotatable bonds is 3. The van der Waals surface area contributed by atoms with Crippen molar-refractivity contribution in [1.82, 2.24) is 19.8 Å². The van der Waals surface area contributed by atoms with Crippen LogP contribution in [0.2, 0.25) is 0 Å². The van der Waals surface area contributed by atoms with Crippen molar-refractivity contribution in [2.75, 3.05) is 5.32 Å². The van der Waals surface area contributed by atoms with Crippen LogP contribution in [0.5, 0.6) is 0 Å². The molecule has 0 aliphatic heterocycles. The monoisotopic (exact) mass is 319 g/mol. The van der Waals surface area contributed by atoms with Crippen LogP contribution in [0, 0.1) is 13.8 Å². The first kappa shape index (κ1) is 15.0. The molecule has 1 N–H and O–H groups in total. The summed E-state index contributed by atoms with van der Waals surface area (Å²) in [6.07, 6.45) is 2.00. The molecule has 1 unspecified atom stereocenters. The van der Waals surface area contributed by atoms with E-state index in [1.807, 2.05) is 24.6 Å². The molecule has 3 aromatic heterocycles. The van der Waals surface area contributed by atoms with E-state index in [-0.39, 0.29) is 11.5 Å². The third-order valence-electron chi connectivity index (χ3n) is 3.67. The van der Waals surface area contributed by atoms with Crippen molar-refractivity contribution < 1.29 is 4.52 Å². The first-order chi connectivity index (χ1) is 10.3. The molecule has 0 saturated heterocycles. The summed E-state index contributed by atoms with van der Waals surface area (Å²) in [5.41, 5.74) is 3.08. The highest BCUT2D eigenvalue weighted by atomic mass is 32.1. The van der Waals surface area contributed by atoms with E-state index in [0.717, 1.165) is 32.8 Å². The summed E-state index contributed by atoms with van der Waals surface area (Å²) in [7, 11) is 0. The molecule has 0 radical (unpaired) electrons. The topological polar surface area (TPSA) is 68.2 Å². The van der Waals surface area contributed by atoms with E-state index in [2.05, 4.69) is 48.3 Å². The minimum atomic E-state index is 0.0327. The number of anilines is 1. The summed E-state index contributed by atoms with van der Waals surface area (Å²) in [4.78, 5) is 5.56. The van der Waals surface area contributed by atoms with Crippen molar-refractivity contribution in [3.05, 3.63) is 28.9 Å². The minimum Gasteiger partial charge on any atom is -0.361 e. The van der Waals surface area contributed by atoms with Gasteiger partial charge in [-0.2, -0.15) is 0 Å². The smallest absolute Gasteiger partial charge is 0.214 e. The number of nitrogens with zero attached hydrogens (tertiary/aromatic N) is 4. The normalized spacial score (nSPS) is 13.7. The molecule has 3 rings (SSSR count). The number of nitrogens with one attached hydrogen (secondary N) is 1. The number of hydrogen-bond donors (Lipinski definition) is 1. The van der Waals surface area contributed by atoms with Crippen molar-refractivity contribution >= 4 is 21.4 Å². The van der Waals surface area contributed by atoms with E-state index in [1.54, 1.807) is 11.3 Å². The van der Waals surface area contributed by atoms with E-state index < -0.39 is 0 Å². The maximum Gasteiger partial charge on any atom is 0.214 e. The van der Waals surface area contributed by atoms with Gasteiger partial charge in [0.25, 0.3) is 0 Å². The van der Waals surface area contributed by atoms with Crippen LogP contribution in [0.25, 0.3) is 4.96 Å². The molecule has 6 nitrogen and oxygen atoms in total. The third-order valence-corrected chi connectivity index (χ3v) is 4.53. The summed E-state index contributed by atoms with van der Waals surface area (Å²) in [5.74, 6) is 0.842. The highest BCUT2D eigenvalue weighted by Gasteiger charge is 2.21. The van der Waals surface area contributed by atoms with Gasteiger partial charge in [-0.15, -0.1) is 5.10 Å². The molecule has 0 aliphatic rings. The Morgan fingerprint density at radius 1 is 1.32 bits per heavy atom. The molecule has 0 saturated carbocycles. The number of hydrogen-bond acceptors (Lipinski definition) is 6. The first-order valence-corrected chi connectivity index (χ1v) is 8.13. The van der Waals surface area contributed by atoms with Gasteiger partial charge in [0.2, 0.25) is 10.1 Å². The molecular formula is C15H21N5OS. The fourth-order valence-electron chi connectivity index (χ4n) is 2.49. The van der Waals surface area contributed by atoms with Gasteiger partial charge in [0.15, 0.2) is 0 Å². The standard InChI is InChI=1S/C15H21N5OS/c1-8(12-9(2)19-21-10(12)3)16-13-18-20-7-11(15(4,5)6)17-14(20)22-13/h7-8H,1-6H3,(H,16,18). The van der Waals surface area contributed by atoms with Crippen LogP contribution < -0.4 is 5.32 Å². The molecule has 3 heterocycles. The second kappa shape index (κ2) is 5.08. The summed E-state index contributed by atoms with van der Waals surface area (Å²) in [5, 5.41) is 12.8. The van der Waals surface area contributed by atoms with Crippen LogP contribution in [0.4, 0.5) is 5.13 Å². The number of imidazole rings is 1. The van der Waals surface area contributed by atoms with E-state index in [1.165, 1.54) is 0 Å². The summed E-state index contributed by atoms with van der Waals surface area (Å²) < 4.78 is 7.07. The van der Waals surface area contributed by atoms with E-state index >= 15 is 0 Å². The van der Waals surface area contributed by atoms with Crippen molar-refractivity contribution in [2.45, 2.75) is 53.0 Å². The molecule has 7 heteroatoms. The molecular weight excluding hydrogens is 298 g/mol. The summed E-state index contributed by atoms with van der Waals surface area (Å²) >= 11 is 1.55. The molecule has 0 amide bonds. The van der Waals surface area contributed by atoms with Gasteiger partial charge in [-0.25, -0.2) is 9.50 Å². The molecule has 0 aliphatic carbocycles. The lowest BCUT2D eigenvalue weighted by molar-refractivity contribution is 0.392. The van der Waals surface area contributed by atoms with E-state index in [4.69, 9.17) is 4.52 Å². The Morgan fingerprint density at radius 3 is 2.59 bits per heavy atom. The van der Waals surface area contributed by atoms with Gasteiger partial charge in [0.05, 0.1) is 23.6 Å². The van der Waals surface area contributed by atoms with Crippen molar-refractivity contribution in [3.63, 3.8) is 0 Å². The number of fused-ring (bicyclic) bond motifs is 1. The SMILES string of the molecule is Cc1noc(C)c1C(C)Nc1nn2cc(C(C)(C)C)nc2s1. The van der Waals surface area contributed by atoms with Crippen LogP contribution in [-0.2, 0) is 5.41 Å². The van der Waals surface area contributed by atoms with Gasteiger partial charge in [0, 0.05) is 11.0 Å². The Hall–Kier alpha value is -1.89. The number of aryl methyl sites for hydroxylation is 2. The molecule has 3 aromatic rings. The average Bonchev–Trinajstić information content (AvgIpc) is 3.01. The zero-order chi connectivity index (χ0) is 16.1. The van der Waals surface area contributed by atoms with E-state index in [9.17, 15) is 0 Å². The fourth-order valence-corrected chi connectivity index (χ4v) is 3.35. The predicted molar refractivity (Wildman–Crippen MR) is 87.6 cm³/mol. The lowest BCUT2D eigenvalue weighted by Gasteiger charge is -2.14. The van der Waals surface area contributed by atoms with Gasteiger partial charge in [-0.3, -0.25) is 0 Å². The van der Waals surface area contributed by atoms with Gasteiger partial charge in [-0.05, 0) is 20.8 Å². The first-order valence-electron chi connectivity index (χ1n) is 7.31. The Bertz CT molecular complexity index is 757. The van der Waals surface area contributed by atoms with Crippen molar-refractivity contribution in [3.8, 4) is 0 Å². The minimum absolute atomic E-state index is 0.0327. The lowest BCUT2D eigenvalue weighted by Crippen LogP contribution is -2.11. The van der Waals surface area contributed by atoms with Crippen LogP contribution in [0.3, 0.4) is 0 Å². The second-order valence-electron chi connectivity index (χ2n) is 6.61. The highest BCUT2D eigenvalue weighted by Crippen LogP contribution is 2.29. The molecule has 0 spiro atoms. The van der Waals surface area contributed by atoms with Crippen molar-refractivity contribution in [2.24, 2.45) is 0 Å². The molecule has 0 bridgehead atoms. The third kappa shape index (κ3) is 2.61. The summed E-state index contributed by atoms with van der Waals surface area (Å²) in [6, 6.07) is 0.0872. The molecule has 1 atom stereocenters. The van der Waals surface area contributed by atoms with Crippen LogP contribution in [0.1, 0.15) is 56.4 Å². The zero-order valence-corrected chi connectivity index (χ0v) is 14.6. The predicted octanol–water partition coefficient (Wildman–Crippen LogP) is 3.87. The highest BCUT2D eigenvalue weighted by molar-refractivity contribution is 7.20. The largest absolute Gasteiger partial charge is 0.361 e. The quantitative estimate of drug-likeness (QED) is 0.794. The van der Waals surface area contributed by atoms with Gasteiger partial charge in [0.1, 0.15) is 5.76 Å². The molecule has 118 valence electrons. The fraction of sp³-hybridized carbons (Fsp3) is 0.533. The maximum atomic E-state index is 5.23. The van der Waals surface area contributed by atoms with Crippen molar-refractivity contribution in [1.29, 1.82) is 0 Å².